The number of rotatable bonds is 7. The zero-order valence-corrected chi connectivity index (χ0v) is 13.1. The summed E-state index contributed by atoms with van der Waals surface area (Å²) in [4.78, 5) is 22.1. The minimum absolute atomic E-state index is 0.176. The Hall–Kier alpha value is -1.63. The molecule has 0 aromatic carbocycles. The Balaban J connectivity index is 4.68. The average molecular weight is 287 g/mol. The first kappa shape index (κ1) is 17.4. The molecule has 108 valence electrons. The van der Waals surface area contributed by atoms with Crippen LogP contribution in [0.2, 0.25) is 19.6 Å². The number of carbonyl (C=O) groups is 2. The van der Waals surface area contributed by atoms with Crippen molar-refractivity contribution in [1.82, 2.24) is 0 Å². The molecule has 0 unspecified atom stereocenters. The lowest BCUT2D eigenvalue weighted by atomic mass is 10.2. The van der Waals surface area contributed by atoms with Crippen molar-refractivity contribution >= 4 is 26.0 Å². The van der Waals surface area contributed by atoms with E-state index in [1.54, 1.807) is 0 Å². The van der Waals surface area contributed by atoms with Crippen molar-refractivity contribution in [3.05, 3.63) is 12.2 Å². The van der Waals surface area contributed by atoms with E-state index < -0.39 is 14.3 Å². The van der Waals surface area contributed by atoms with Crippen LogP contribution in [0.4, 0.5) is 0 Å². The first-order valence-electron chi connectivity index (χ1n) is 5.86. The van der Waals surface area contributed by atoms with Crippen LogP contribution in [0.3, 0.4) is 0 Å². The summed E-state index contributed by atoms with van der Waals surface area (Å²) in [5.74, 6) is -0.828. The van der Waals surface area contributed by atoms with Crippen LogP contribution in [-0.2, 0) is 23.6 Å². The van der Waals surface area contributed by atoms with Crippen LogP contribution in [-0.4, -0.2) is 40.2 Å². The first-order valence-corrected chi connectivity index (χ1v) is 9.27. The Kier molecular flexibility index (Phi) is 7.74. The summed E-state index contributed by atoms with van der Waals surface area (Å²) in [6.07, 6.45) is 3.24. The smallest absolute Gasteiger partial charge is 0.330 e. The molecule has 0 aliphatic carbocycles. The second-order valence-corrected chi connectivity index (χ2v) is 9.13. The number of esters is 2. The average Bonchev–Trinajstić information content (AvgIpc) is 2.35. The summed E-state index contributed by atoms with van der Waals surface area (Å²) in [7, 11) is 0.807. The quantitative estimate of drug-likeness (QED) is 0.235. The molecule has 0 amide bonds. The van der Waals surface area contributed by atoms with Crippen LogP contribution in [0.25, 0.3) is 0 Å². The van der Waals surface area contributed by atoms with E-state index in [1.807, 2.05) is 19.6 Å². The molecule has 0 saturated heterocycles. The normalized spacial score (nSPS) is 12.4. The molecule has 7 heteroatoms. The molecule has 0 spiro atoms. The van der Waals surface area contributed by atoms with Gasteiger partial charge in [-0.2, -0.15) is 0 Å². The minimum Gasteiger partial charge on any atom is -0.469 e. The summed E-state index contributed by atoms with van der Waals surface area (Å²) in [6, 6.07) is 0. The van der Waals surface area contributed by atoms with Crippen LogP contribution in [0, 0.1) is 0 Å². The highest BCUT2D eigenvalue weighted by atomic mass is 28.4. The predicted molar refractivity (Wildman–Crippen MR) is 74.3 cm³/mol. The number of ether oxygens (including phenoxy) is 2. The molecule has 0 aliphatic rings. The number of allylic oxidation sites excluding steroid dienone is 1. The number of nitrogens with zero attached hydrogens (tertiary/aromatic N) is 1. The highest BCUT2D eigenvalue weighted by Crippen LogP contribution is 2.06. The van der Waals surface area contributed by atoms with Crippen molar-refractivity contribution in [3.63, 3.8) is 0 Å². The van der Waals surface area contributed by atoms with E-state index in [2.05, 4.69) is 14.6 Å². The maximum atomic E-state index is 11.1. The number of methoxy groups -OCH3 is 2. The molecule has 6 nitrogen and oxygen atoms in total. The Morgan fingerprint density at radius 1 is 1.05 bits per heavy atom. The van der Waals surface area contributed by atoms with Crippen molar-refractivity contribution in [3.8, 4) is 0 Å². The van der Waals surface area contributed by atoms with Gasteiger partial charge in [0, 0.05) is 12.5 Å². The van der Waals surface area contributed by atoms with Gasteiger partial charge in [0.1, 0.15) is 0 Å². The van der Waals surface area contributed by atoms with Gasteiger partial charge in [-0.1, -0.05) is 0 Å². The Morgan fingerprint density at radius 2 is 1.68 bits per heavy atom. The number of hydrogen-bond donors (Lipinski definition) is 0. The van der Waals surface area contributed by atoms with E-state index in [4.69, 9.17) is 4.53 Å². The van der Waals surface area contributed by atoms with Crippen molar-refractivity contribution in [1.29, 1.82) is 0 Å². The van der Waals surface area contributed by atoms with E-state index in [9.17, 15) is 9.59 Å². The maximum Gasteiger partial charge on any atom is 0.330 e. The second-order valence-electron chi connectivity index (χ2n) is 4.72. The van der Waals surface area contributed by atoms with Gasteiger partial charge in [-0.3, -0.25) is 4.79 Å². The molecule has 0 aliphatic heterocycles. The molecule has 0 heterocycles. The number of oxime groups is 1. The number of hydrogen-bond acceptors (Lipinski definition) is 6. The summed E-state index contributed by atoms with van der Waals surface area (Å²) in [5.41, 5.74) is 0.498. The van der Waals surface area contributed by atoms with Gasteiger partial charge in [0.05, 0.1) is 26.4 Å². The molecule has 0 aromatic rings. The molecular weight excluding hydrogens is 266 g/mol. The third kappa shape index (κ3) is 10.0. The van der Waals surface area contributed by atoms with Crippen LogP contribution in [0.15, 0.2) is 17.3 Å². The molecule has 0 radical (unpaired) electrons. The molecule has 0 rings (SSSR count). The molecule has 0 N–H and O–H groups in total. The van der Waals surface area contributed by atoms with Gasteiger partial charge < -0.3 is 14.0 Å². The van der Waals surface area contributed by atoms with Gasteiger partial charge in [0.15, 0.2) is 0 Å². The molecule has 19 heavy (non-hydrogen) atoms. The topological polar surface area (TPSA) is 74.2 Å². The molecule has 0 atom stereocenters. The van der Waals surface area contributed by atoms with Crippen molar-refractivity contribution < 1.29 is 23.6 Å². The van der Waals surface area contributed by atoms with Crippen LogP contribution >= 0.6 is 0 Å². The third-order valence-corrected chi connectivity index (χ3v) is 2.50. The van der Waals surface area contributed by atoms with Gasteiger partial charge in [0.25, 0.3) is 8.32 Å². The lowest BCUT2D eigenvalue weighted by Crippen LogP contribution is -2.23. The standard InChI is InChI=1S/C12H21NO5Si/c1-16-11(14)8-6-10(7-9-12(15)17-2)13-18-19(3,4)5/h6,8H,7,9H2,1-5H3/b8-6+,13-10+. The van der Waals surface area contributed by atoms with Crippen LogP contribution < -0.4 is 0 Å². The van der Waals surface area contributed by atoms with Crippen molar-refractivity contribution in [2.45, 2.75) is 32.5 Å². The minimum atomic E-state index is -1.80. The Labute approximate surface area is 114 Å². The number of carbonyl (C=O) groups excluding carboxylic acids is 2. The highest BCUT2D eigenvalue weighted by Gasteiger charge is 2.16. The predicted octanol–water partition coefficient (Wildman–Crippen LogP) is 1.88. The summed E-state index contributed by atoms with van der Waals surface area (Å²) < 4.78 is 14.4. The molecular formula is C12H21NO5Si. The van der Waals surface area contributed by atoms with E-state index in [-0.39, 0.29) is 12.4 Å². The Bertz CT molecular complexity index is 371. The molecule has 0 bridgehead atoms. The van der Waals surface area contributed by atoms with Gasteiger partial charge >= 0.3 is 11.9 Å². The van der Waals surface area contributed by atoms with Crippen molar-refractivity contribution in [2.24, 2.45) is 5.16 Å². The van der Waals surface area contributed by atoms with E-state index in [1.165, 1.54) is 26.4 Å². The van der Waals surface area contributed by atoms with Gasteiger partial charge in [0.2, 0.25) is 0 Å². The second kappa shape index (κ2) is 8.47. The lowest BCUT2D eigenvalue weighted by Gasteiger charge is -2.13. The zero-order chi connectivity index (χ0) is 14.9. The summed E-state index contributed by atoms with van der Waals surface area (Å²) in [5, 5.41) is 3.98. The fraction of sp³-hybridized carbons (Fsp3) is 0.583. The monoisotopic (exact) mass is 287 g/mol. The lowest BCUT2D eigenvalue weighted by molar-refractivity contribution is -0.140. The zero-order valence-electron chi connectivity index (χ0n) is 12.1. The molecule has 0 fully saturated rings. The van der Waals surface area contributed by atoms with Crippen LogP contribution in [0.5, 0.6) is 0 Å². The van der Waals surface area contributed by atoms with E-state index in [0.29, 0.717) is 12.1 Å². The van der Waals surface area contributed by atoms with Crippen LogP contribution in [0.1, 0.15) is 12.8 Å². The van der Waals surface area contributed by atoms with Gasteiger partial charge in [-0.05, 0) is 25.7 Å². The SMILES string of the molecule is COC(=O)/C=C/C(CCC(=O)OC)=N\O[Si](C)(C)C. The van der Waals surface area contributed by atoms with Gasteiger partial charge in [-0.15, -0.1) is 5.16 Å². The van der Waals surface area contributed by atoms with Gasteiger partial charge in [-0.25, -0.2) is 4.79 Å². The fourth-order valence-corrected chi connectivity index (χ4v) is 1.31. The first-order chi connectivity index (χ1) is 8.78. The third-order valence-electron chi connectivity index (χ3n) is 1.86. The fourth-order valence-electron chi connectivity index (χ4n) is 0.919. The molecule has 0 aromatic heterocycles. The summed E-state index contributed by atoms with van der Waals surface area (Å²) in [6.45, 7) is 5.95. The van der Waals surface area contributed by atoms with E-state index in [0.717, 1.165) is 0 Å². The maximum absolute atomic E-state index is 11.1. The highest BCUT2D eigenvalue weighted by molar-refractivity contribution is 6.69. The van der Waals surface area contributed by atoms with Crippen molar-refractivity contribution in [2.75, 3.05) is 14.2 Å². The largest absolute Gasteiger partial charge is 0.469 e. The Morgan fingerprint density at radius 3 is 2.16 bits per heavy atom. The molecule has 0 saturated carbocycles. The van der Waals surface area contributed by atoms with E-state index >= 15 is 0 Å². The summed E-state index contributed by atoms with van der Waals surface area (Å²) >= 11 is 0.